The van der Waals surface area contributed by atoms with Crippen LogP contribution < -0.4 is 10.1 Å². The summed E-state index contributed by atoms with van der Waals surface area (Å²) < 4.78 is 5.28. The minimum absolute atomic E-state index is 0.0316. The standard InChI is InChI=1S/C20H23N3O3/c1-26-18-10-6-5-9-17(18)20(25)23-13-11-22(12-14-23)15-19(24)21-16-7-3-2-4-8-16/h2-10H,11-15H2,1H3,(H,21,24). The fraction of sp³-hybridized carbons (Fsp3) is 0.300. The molecule has 6 heteroatoms. The van der Waals surface area contributed by atoms with Crippen LogP contribution in [0.1, 0.15) is 10.4 Å². The van der Waals surface area contributed by atoms with Gasteiger partial charge in [-0.3, -0.25) is 14.5 Å². The number of amides is 2. The number of hydrogen-bond donors (Lipinski definition) is 1. The van der Waals surface area contributed by atoms with Gasteiger partial charge in [-0.05, 0) is 24.3 Å². The summed E-state index contributed by atoms with van der Waals surface area (Å²) >= 11 is 0. The number of benzene rings is 2. The van der Waals surface area contributed by atoms with Crippen molar-refractivity contribution in [2.75, 3.05) is 45.2 Å². The van der Waals surface area contributed by atoms with Gasteiger partial charge < -0.3 is 15.0 Å². The summed E-state index contributed by atoms with van der Waals surface area (Å²) in [6, 6.07) is 16.7. The number of hydrogen-bond acceptors (Lipinski definition) is 4. The number of anilines is 1. The molecule has 0 unspecified atom stereocenters. The minimum Gasteiger partial charge on any atom is -0.496 e. The van der Waals surface area contributed by atoms with Crippen LogP contribution in [0, 0.1) is 0 Å². The Bertz CT molecular complexity index is 756. The molecule has 1 aliphatic rings. The third kappa shape index (κ3) is 4.40. The van der Waals surface area contributed by atoms with Gasteiger partial charge in [0.05, 0.1) is 19.2 Å². The van der Waals surface area contributed by atoms with Crippen LogP contribution in [0.25, 0.3) is 0 Å². The molecule has 1 aliphatic heterocycles. The normalized spacial score (nSPS) is 14.7. The molecule has 26 heavy (non-hydrogen) atoms. The molecule has 1 saturated heterocycles. The number of nitrogens with one attached hydrogen (secondary N) is 1. The summed E-state index contributed by atoms with van der Waals surface area (Å²) in [6.45, 7) is 2.85. The van der Waals surface area contributed by atoms with Crippen molar-refractivity contribution < 1.29 is 14.3 Å². The summed E-state index contributed by atoms with van der Waals surface area (Å²) in [5, 5.41) is 2.89. The van der Waals surface area contributed by atoms with E-state index in [0.29, 0.717) is 44.0 Å². The van der Waals surface area contributed by atoms with Crippen molar-refractivity contribution >= 4 is 17.5 Å². The second-order valence-electron chi connectivity index (χ2n) is 6.18. The molecule has 0 aromatic heterocycles. The maximum atomic E-state index is 12.7. The molecule has 136 valence electrons. The molecule has 2 aromatic carbocycles. The summed E-state index contributed by atoms with van der Waals surface area (Å²) in [4.78, 5) is 28.7. The SMILES string of the molecule is COc1ccccc1C(=O)N1CCN(CC(=O)Nc2ccccc2)CC1. The average molecular weight is 353 g/mol. The van der Waals surface area contributed by atoms with E-state index in [1.54, 1.807) is 19.2 Å². The predicted molar refractivity (Wildman–Crippen MR) is 100 cm³/mol. The highest BCUT2D eigenvalue weighted by atomic mass is 16.5. The minimum atomic E-state index is -0.0410. The number of ether oxygens (including phenoxy) is 1. The molecular weight excluding hydrogens is 330 g/mol. The second kappa shape index (κ2) is 8.49. The van der Waals surface area contributed by atoms with Crippen molar-refractivity contribution in [3.8, 4) is 5.75 Å². The first-order chi connectivity index (χ1) is 12.7. The summed E-state index contributed by atoms with van der Waals surface area (Å²) in [5.41, 5.74) is 1.37. The largest absolute Gasteiger partial charge is 0.496 e. The van der Waals surface area contributed by atoms with E-state index in [0.717, 1.165) is 5.69 Å². The zero-order chi connectivity index (χ0) is 18.4. The molecule has 1 N–H and O–H groups in total. The quantitative estimate of drug-likeness (QED) is 0.894. The van der Waals surface area contributed by atoms with Crippen molar-refractivity contribution in [2.45, 2.75) is 0 Å². The highest BCUT2D eigenvalue weighted by Gasteiger charge is 2.24. The van der Waals surface area contributed by atoms with Crippen LogP contribution >= 0.6 is 0 Å². The molecule has 1 fully saturated rings. The van der Waals surface area contributed by atoms with E-state index in [1.807, 2.05) is 47.4 Å². The Morgan fingerprint density at radius 1 is 0.962 bits per heavy atom. The summed E-state index contributed by atoms with van der Waals surface area (Å²) in [5.74, 6) is 0.513. The molecule has 2 aromatic rings. The Kier molecular flexibility index (Phi) is 5.86. The molecular formula is C20H23N3O3. The van der Waals surface area contributed by atoms with Crippen LogP contribution in [-0.4, -0.2) is 61.4 Å². The number of nitrogens with zero attached hydrogens (tertiary/aromatic N) is 2. The topological polar surface area (TPSA) is 61.9 Å². The molecule has 6 nitrogen and oxygen atoms in total. The fourth-order valence-corrected chi connectivity index (χ4v) is 3.03. The third-order valence-electron chi connectivity index (χ3n) is 4.42. The van der Waals surface area contributed by atoms with Gasteiger partial charge in [-0.2, -0.15) is 0 Å². The van der Waals surface area contributed by atoms with Gasteiger partial charge in [-0.15, -0.1) is 0 Å². The zero-order valence-electron chi connectivity index (χ0n) is 14.9. The van der Waals surface area contributed by atoms with Crippen LogP contribution in [-0.2, 0) is 4.79 Å². The number of methoxy groups -OCH3 is 1. The lowest BCUT2D eigenvalue weighted by Gasteiger charge is -2.34. The number of carbonyl (C=O) groups is 2. The molecule has 3 rings (SSSR count). The molecule has 0 bridgehead atoms. The van der Waals surface area contributed by atoms with Crippen LogP contribution in [0.15, 0.2) is 54.6 Å². The smallest absolute Gasteiger partial charge is 0.257 e. The number of carbonyl (C=O) groups excluding carboxylic acids is 2. The van der Waals surface area contributed by atoms with Gasteiger partial charge in [0, 0.05) is 31.9 Å². The van der Waals surface area contributed by atoms with Crippen molar-refractivity contribution in [1.82, 2.24) is 9.80 Å². The van der Waals surface area contributed by atoms with E-state index in [9.17, 15) is 9.59 Å². The monoisotopic (exact) mass is 353 g/mol. The van der Waals surface area contributed by atoms with Crippen LogP contribution in [0.2, 0.25) is 0 Å². The fourth-order valence-electron chi connectivity index (χ4n) is 3.03. The first-order valence-corrected chi connectivity index (χ1v) is 8.67. The van der Waals surface area contributed by atoms with E-state index in [-0.39, 0.29) is 11.8 Å². The lowest BCUT2D eigenvalue weighted by molar-refractivity contribution is -0.117. The van der Waals surface area contributed by atoms with Crippen molar-refractivity contribution in [3.63, 3.8) is 0 Å². The van der Waals surface area contributed by atoms with Crippen LogP contribution in [0.4, 0.5) is 5.69 Å². The maximum absolute atomic E-state index is 12.7. The van der Waals surface area contributed by atoms with Gasteiger partial charge in [0.25, 0.3) is 5.91 Å². The Morgan fingerprint density at radius 3 is 2.31 bits per heavy atom. The lowest BCUT2D eigenvalue weighted by atomic mass is 10.1. The molecule has 0 radical (unpaired) electrons. The highest BCUT2D eigenvalue weighted by molar-refractivity contribution is 5.97. The van der Waals surface area contributed by atoms with Crippen molar-refractivity contribution in [1.29, 1.82) is 0 Å². The van der Waals surface area contributed by atoms with E-state index in [2.05, 4.69) is 10.2 Å². The average Bonchev–Trinajstić information content (AvgIpc) is 2.68. The van der Waals surface area contributed by atoms with Gasteiger partial charge in [0.1, 0.15) is 5.75 Å². The van der Waals surface area contributed by atoms with Gasteiger partial charge in [0.2, 0.25) is 5.91 Å². The Hall–Kier alpha value is -2.86. The lowest BCUT2D eigenvalue weighted by Crippen LogP contribution is -2.50. The Balaban J connectivity index is 1.51. The summed E-state index contributed by atoms with van der Waals surface area (Å²) in [7, 11) is 1.56. The number of rotatable bonds is 5. The van der Waals surface area contributed by atoms with Gasteiger partial charge in [0.15, 0.2) is 0 Å². The molecule has 2 amide bonds. The van der Waals surface area contributed by atoms with E-state index < -0.39 is 0 Å². The van der Waals surface area contributed by atoms with Gasteiger partial charge in [-0.1, -0.05) is 30.3 Å². The van der Waals surface area contributed by atoms with Crippen LogP contribution in [0.3, 0.4) is 0 Å². The van der Waals surface area contributed by atoms with Crippen molar-refractivity contribution in [2.24, 2.45) is 0 Å². The third-order valence-corrected chi connectivity index (χ3v) is 4.42. The molecule has 0 aliphatic carbocycles. The molecule has 0 atom stereocenters. The Morgan fingerprint density at radius 2 is 1.62 bits per heavy atom. The van der Waals surface area contributed by atoms with Gasteiger partial charge >= 0.3 is 0 Å². The summed E-state index contributed by atoms with van der Waals surface area (Å²) in [6.07, 6.45) is 0. The maximum Gasteiger partial charge on any atom is 0.257 e. The van der Waals surface area contributed by atoms with E-state index >= 15 is 0 Å². The first-order valence-electron chi connectivity index (χ1n) is 8.67. The number of para-hydroxylation sites is 2. The van der Waals surface area contributed by atoms with Crippen molar-refractivity contribution in [3.05, 3.63) is 60.2 Å². The zero-order valence-corrected chi connectivity index (χ0v) is 14.9. The van der Waals surface area contributed by atoms with E-state index in [4.69, 9.17) is 4.74 Å². The van der Waals surface area contributed by atoms with Crippen LogP contribution in [0.5, 0.6) is 5.75 Å². The second-order valence-corrected chi connectivity index (χ2v) is 6.18. The predicted octanol–water partition coefficient (Wildman–Crippen LogP) is 2.09. The highest BCUT2D eigenvalue weighted by Crippen LogP contribution is 2.20. The number of piperazine rings is 1. The van der Waals surface area contributed by atoms with Gasteiger partial charge in [-0.25, -0.2) is 0 Å². The molecule has 0 saturated carbocycles. The molecule has 0 spiro atoms. The Labute approximate surface area is 153 Å². The van der Waals surface area contributed by atoms with E-state index in [1.165, 1.54) is 0 Å². The molecule has 1 heterocycles. The first kappa shape index (κ1) is 17.9.